The van der Waals surface area contributed by atoms with E-state index in [9.17, 15) is 8.42 Å². The van der Waals surface area contributed by atoms with E-state index in [2.05, 4.69) is 9.71 Å². The molecule has 0 bridgehead atoms. The molecule has 0 spiro atoms. The summed E-state index contributed by atoms with van der Waals surface area (Å²) in [4.78, 5) is 3.85. The smallest absolute Gasteiger partial charge is 0.266 e. The maximum atomic E-state index is 12.4. The minimum absolute atomic E-state index is 0.0406. The zero-order chi connectivity index (χ0) is 15.5. The van der Waals surface area contributed by atoms with Gasteiger partial charge in [0.2, 0.25) is 0 Å². The number of sulfonamides is 1. The second kappa shape index (κ2) is 6.19. The predicted octanol–water partition coefficient (Wildman–Crippen LogP) is 2.55. The molecule has 0 aliphatic heterocycles. The summed E-state index contributed by atoms with van der Waals surface area (Å²) in [6.45, 7) is 0. The summed E-state index contributed by atoms with van der Waals surface area (Å²) in [6, 6.07) is 7.50. The van der Waals surface area contributed by atoms with E-state index in [0.29, 0.717) is 10.8 Å². The van der Waals surface area contributed by atoms with Gasteiger partial charge in [-0.1, -0.05) is 11.6 Å². The molecule has 0 saturated carbocycles. The number of methoxy groups -OCH3 is 2. The lowest BCUT2D eigenvalue weighted by Gasteiger charge is -2.12. The molecule has 2 aromatic rings. The summed E-state index contributed by atoms with van der Waals surface area (Å²) in [5.74, 6) is 0.766. The third-order valence-corrected chi connectivity index (χ3v) is 4.23. The van der Waals surface area contributed by atoms with Crippen LogP contribution in [0.3, 0.4) is 0 Å². The number of anilines is 1. The van der Waals surface area contributed by atoms with Gasteiger partial charge in [0.25, 0.3) is 10.0 Å². The number of hydrogen-bond donors (Lipinski definition) is 1. The normalized spacial score (nSPS) is 11.0. The number of hydrogen-bond acceptors (Lipinski definition) is 5. The highest BCUT2D eigenvalue weighted by Crippen LogP contribution is 2.29. The zero-order valence-corrected chi connectivity index (χ0v) is 12.9. The summed E-state index contributed by atoms with van der Waals surface area (Å²) in [5, 5.41) is 0.414. The van der Waals surface area contributed by atoms with Crippen LogP contribution >= 0.6 is 11.6 Å². The lowest BCUT2D eigenvalue weighted by molar-refractivity contribution is 0.392. The number of aromatic nitrogens is 1. The summed E-state index contributed by atoms with van der Waals surface area (Å²) in [6.07, 6.45) is 1.35. The lowest BCUT2D eigenvalue weighted by atomic mass is 10.3. The van der Waals surface area contributed by atoms with Gasteiger partial charge in [0, 0.05) is 12.3 Å². The number of rotatable bonds is 5. The molecular formula is C13H13ClN2O4S. The SMILES string of the molecule is COc1ccc(OC)c(S(=O)(=O)Nc2ccc(Cl)cn2)c1. The van der Waals surface area contributed by atoms with Crippen LogP contribution in [0.15, 0.2) is 41.4 Å². The first-order chi connectivity index (χ1) is 9.96. The van der Waals surface area contributed by atoms with Crippen molar-refractivity contribution in [2.45, 2.75) is 4.90 Å². The third kappa shape index (κ3) is 3.56. The van der Waals surface area contributed by atoms with E-state index in [-0.39, 0.29) is 16.5 Å². The molecule has 1 heterocycles. The molecule has 6 nitrogen and oxygen atoms in total. The van der Waals surface area contributed by atoms with Crippen LogP contribution in [0.5, 0.6) is 11.5 Å². The molecule has 0 fully saturated rings. The first-order valence-corrected chi connectivity index (χ1v) is 7.69. The average Bonchev–Trinajstić information content (AvgIpc) is 2.48. The Kier molecular flexibility index (Phi) is 4.54. The Morgan fingerprint density at radius 3 is 2.48 bits per heavy atom. The molecule has 0 unspecified atom stereocenters. The van der Waals surface area contributed by atoms with Crippen molar-refractivity contribution in [3.05, 3.63) is 41.6 Å². The highest BCUT2D eigenvalue weighted by Gasteiger charge is 2.21. The third-order valence-electron chi connectivity index (χ3n) is 2.63. The molecule has 1 N–H and O–H groups in total. The van der Waals surface area contributed by atoms with Gasteiger partial charge in [-0.15, -0.1) is 0 Å². The zero-order valence-electron chi connectivity index (χ0n) is 11.3. The fourth-order valence-electron chi connectivity index (χ4n) is 1.62. The second-order valence-corrected chi connectivity index (χ2v) is 6.07. The molecule has 1 aromatic carbocycles. The minimum Gasteiger partial charge on any atom is -0.497 e. The van der Waals surface area contributed by atoms with Crippen molar-refractivity contribution in [3.8, 4) is 11.5 Å². The molecule has 1 aromatic heterocycles. The van der Waals surface area contributed by atoms with Crippen LogP contribution in [0, 0.1) is 0 Å². The molecule has 8 heteroatoms. The quantitative estimate of drug-likeness (QED) is 0.912. The van der Waals surface area contributed by atoms with E-state index in [1.54, 1.807) is 6.07 Å². The van der Waals surface area contributed by atoms with Gasteiger partial charge in [0.05, 0.1) is 19.2 Å². The van der Waals surface area contributed by atoms with E-state index in [0.717, 1.165) is 0 Å². The standard InChI is InChI=1S/C13H13ClN2O4S/c1-19-10-4-5-11(20-2)12(7-10)21(17,18)16-13-6-3-9(14)8-15-13/h3-8H,1-2H3,(H,15,16). The van der Waals surface area contributed by atoms with Crippen molar-refractivity contribution in [2.75, 3.05) is 18.9 Å². The molecule has 0 radical (unpaired) electrons. The van der Waals surface area contributed by atoms with Gasteiger partial charge in [-0.2, -0.15) is 0 Å². The van der Waals surface area contributed by atoms with Gasteiger partial charge in [0.1, 0.15) is 22.2 Å². The number of pyridine rings is 1. The first kappa shape index (κ1) is 15.4. The fraction of sp³-hybridized carbons (Fsp3) is 0.154. The topological polar surface area (TPSA) is 77.5 Å². The van der Waals surface area contributed by atoms with E-state index >= 15 is 0 Å². The van der Waals surface area contributed by atoms with Crippen molar-refractivity contribution >= 4 is 27.4 Å². The maximum Gasteiger partial charge on any atom is 0.266 e. The van der Waals surface area contributed by atoms with E-state index in [4.69, 9.17) is 21.1 Å². The van der Waals surface area contributed by atoms with Gasteiger partial charge in [-0.3, -0.25) is 4.72 Å². The van der Waals surface area contributed by atoms with Crippen LogP contribution in [0.4, 0.5) is 5.82 Å². The summed E-state index contributed by atoms with van der Waals surface area (Å²) in [7, 11) is -1.02. The maximum absolute atomic E-state index is 12.4. The molecular weight excluding hydrogens is 316 g/mol. The van der Waals surface area contributed by atoms with Crippen LogP contribution in [0.25, 0.3) is 0 Å². The molecule has 21 heavy (non-hydrogen) atoms. The van der Waals surface area contributed by atoms with E-state index in [1.807, 2.05) is 0 Å². The Morgan fingerprint density at radius 2 is 1.90 bits per heavy atom. The molecule has 0 saturated heterocycles. The molecule has 0 aliphatic carbocycles. The predicted molar refractivity (Wildman–Crippen MR) is 79.6 cm³/mol. The molecule has 112 valence electrons. The Labute approximate surface area is 127 Å². The van der Waals surface area contributed by atoms with Crippen molar-refractivity contribution in [1.82, 2.24) is 4.98 Å². The largest absolute Gasteiger partial charge is 0.497 e. The van der Waals surface area contributed by atoms with Crippen molar-refractivity contribution in [3.63, 3.8) is 0 Å². The molecule has 2 rings (SSSR count). The van der Waals surface area contributed by atoms with E-state index < -0.39 is 10.0 Å². The Hall–Kier alpha value is -1.99. The van der Waals surface area contributed by atoms with Crippen molar-refractivity contribution in [1.29, 1.82) is 0 Å². The van der Waals surface area contributed by atoms with Crippen LogP contribution in [0.2, 0.25) is 5.02 Å². The summed E-state index contributed by atoms with van der Waals surface area (Å²) in [5.41, 5.74) is 0. The van der Waals surface area contributed by atoms with Crippen LogP contribution in [-0.2, 0) is 10.0 Å². The van der Waals surface area contributed by atoms with Crippen molar-refractivity contribution in [2.24, 2.45) is 0 Å². The number of nitrogens with zero attached hydrogens (tertiary/aromatic N) is 1. The Morgan fingerprint density at radius 1 is 1.14 bits per heavy atom. The highest BCUT2D eigenvalue weighted by molar-refractivity contribution is 7.92. The first-order valence-electron chi connectivity index (χ1n) is 5.82. The van der Waals surface area contributed by atoms with Crippen molar-refractivity contribution < 1.29 is 17.9 Å². The molecule has 0 atom stereocenters. The van der Waals surface area contributed by atoms with Gasteiger partial charge in [-0.25, -0.2) is 13.4 Å². The van der Waals surface area contributed by atoms with E-state index in [1.165, 1.54) is 44.7 Å². The van der Waals surface area contributed by atoms with Gasteiger partial charge in [0.15, 0.2) is 0 Å². The Bertz CT molecular complexity index is 732. The number of ether oxygens (including phenoxy) is 2. The minimum atomic E-state index is -3.86. The summed E-state index contributed by atoms with van der Waals surface area (Å²) >= 11 is 5.71. The van der Waals surface area contributed by atoms with Gasteiger partial charge >= 0.3 is 0 Å². The monoisotopic (exact) mass is 328 g/mol. The number of benzene rings is 1. The molecule has 0 amide bonds. The second-order valence-electron chi connectivity index (χ2n) is 3.98. The van der Waals surface area contributed by atoms with Crippen LogP contribution in [0.1, 0.15) is 0 Å². The Balaban J connectivity index is 2.41. The number of nitrogens with one attached hydrogen (secondary N) is 1. The van der Waals surface area contributed by atoms with Crippen LogP contribution < -0.4 is 14.2 Å². The lowest BCUT2D eigenvalue weighted by Crippen LogP contribution is -2.15. The number of halogens is 1. The van der Waals surface area contributed by atoms with Gasteiger partial charge < -0.3 is 9.47 Å². The fourth-order valence-corrected chi connectivity index (χ4v) is 2.93. The van der Waals surface area contributed by atoms with Gasteiger partial charge in [-0.05, 0) is 24.3 Å². The summed E-state index contributed by atoms with van der Waals surface area (Å²) < 4.78 is 37.3. The van der Waals surface area contributed by atoms with Crippen LogP contribution in [-0.4, -0.2) is 27.6 Å². The molecule has 0 aliphatic rings. The highest BCUT2D eigenvalue weighted by atomic mass is 35.5. The average molecular weight is 329 g/mol.